The lowest BCUT2D eigenvalue weighted by atomic mass is 10.1. The van der Waals surface area contributed by atoms with E-state index in [0.29, 0.717) is 24.3 Å². The molecule has 1 fully saturated rings. The number of amides is 1. The first-order valence-electron chi connectivity index (χ1n) is 10.5. The number of benzene rings is 2. The lowest BCUT2D eigenvalue weighted by Crippen LogP contribution is -2.53. The lowest BCUT2D eigenvalue weighted by molar-refractivity contribution is 0.0726. The zero-order valence-electron chi connectivity index (χ0n) is 17.6. The molecule has 5 rings (SSSR count). The van der Waals surface area contributed by atoms with Crippen molar-refractivity contribution in [3.05, 3.63) is 78.0 Å². The minimum atomic E-state index is 0.0591. The molecule has 1 aliphatic rings. The van der Waals surface area contributed by atoms with Crippen LogP contribution in [0.1, 0.15) is 22.8 Å². The zero-order chi connectivity index (χ0) is 21.4. The van der Waals surface area contributed by atoms with Crippen molar-refractivity contribution in [3.63, 3.8) is 0 Å². The van der Waals surface area contributed by atoms with Crippen LogP contribution in [0.3, 0.4) is 0 Å². The zero-order valence-corrected chi connectivity index (χ0v) is 17.6. The first-order chi connectivity index (χ1) is 15.1. The van der Waals surface area contributed by atoms with Gasteiger partial charge in [0.1, 0.15) is 5.52 Å². The number of anilines is 1. The molecule has 1 atom stereocenters. The number of nitrogens with zero attached hydrogens (tertiary/aromatic N) is 6. The van der Waals surface area contributed by atoms with Crippen LogP contribution in [0.25, 0.3) is 16.9 Å². The maximum Gasteiger partial charge on any atom is 0.253 e. The summed E-state index contributed by atoms with van der Waals surface area (Å²) in [6.07, 6.45) is 1.72. The third kappa shape index (κ3) is 3.63. The molecule has 2 aromatic carbocycles. The Morgan fingerprint density at radius 2 is 1.84 bits per heavy atom. The number of hydrogen-bond acceptors (Lipinski definition) is 5. The third-order valence-corrected chi connectivity index (χ3v) is 5.82. The van der Waals surface area contributed by atoms with Crippen molar-refractivity contribution in [2.24, 2.45) is 0 Å². The SMILES string of the molecule is Cc1cccc(N2CCN(C(=O)c3ccc(-n4nnc5cccnc54)cc3)C[C@@H]2C)c1. The van der Waals surface area contributed by atoms with Gasteiger partial charge in [-0.1, -0.05) is 17.3 Å². The summed E-state index contributed by atoms with van der Waals surface area (Å²) in [6.45, 7) is 6.51. The van der Waals surface area contributed by atoms with Crippen LogP contribution in [0, 0.1) is 6.92 Å². The Balaban J connectivity index is 1.31. The lowest BCUT2D eigenvalue weighted by Gasteiger charge is -2.41. The molecule has 0 bridgehead atoms. The standard InChI is InChI=1S/C24H24N6O/c1-17-5-3-6-21(15-17)29-14-13-28(16-18(29)2)24(31)19-8-10-20(11-9-19)30-23-22(26-27-30)7-4-12-25-23/h3-12,15,18H,13-14,16H2,1-2H3/t18-/m0/s1. The molecule has 2 aromatic heterocycles. The molecule has 31 heavy (non-hydrogen) atoms. The number of rotatable bonds is 3. The van der Waals surface area contributed by atoms with E-state index in [0.717, 1.165) is 17.7 Å². The topological polar surface area (TPSA) is 67.2 Å². The van der Waals surface area contributed by atoms with Gasteiger partial charge in [-0.25, -0.2) is 4.98 Å². The van der Waals surface area contributed by atoms with E-state index in [1.165, 1.54) is 11.3 Å². The van der Waals surface area contributed by atoms with Crippen molar-refractivity contribution >= 4 is 22.8 Å². The van der Waals surface area contributed by atoms with Crippen LogP contribution >= 0.6 is 0 Å². The van der Waals surface area contributed by atoms with Gasteiger partial charge in [0.05, 0.1) is 5.69 Å². The maximum atomic E-state index is 13.1. The fraction of sp³-hybridized carbons (Fsp3) is 0.250. The number of pyridine rings is 1. The molecule has 1 aliphatic heterocycles. The summed E-state index contributed by atoms with van der Waals surface area (Å²) >= 11 is 0. The van der Waals surface area contributed by atoms with E-state index in [4.69, 9.17) is 0 Å². The molecule has 4 aromatic rings. The number of piperazine rings is 1. The van der Waals surface area contributed by atoms with E-state index in [-0.39, 0.29) is 11.9 Å². The highest BCUT2D eigenvalue weighted by Gasteiger charge is 2.27. The Morgan fingerprint density at radius 3 is 2.61 bits per heavy atom. The molecule has 156 valence electrons. The molecule has 0 saturated carbocycles. The Kier molecular flexibility index (Phi) is 4.86. The molecule has 0 radical (unpaired) electrons. The molecule has 7 heteroatoms. The van der Waals surface area contributed by atoms with Gasteiger partial charge in [0.25, 0.3) is 5.91 Å². The van der Waals surface area contributed by atoms with Crippen LogP contribution in [0.15, 0.2) is 66.9 Å². The maximum absolute atomic E-state index is 13.1. The van der Waals surface area contributed by atoms with E-state index >= 15 is 0 Å². The Morgan fingerprint density at radius 1 is 1.00 bits per heavy atom. The van der Waals surface area contributed by atoms with Crippen LogP contribution in [-0.4, -0.2) is 56.5 Å². The minimum absolute atomic E-state index is 0.0591. The normalized spacial score (nSPS) is 16.6. The van der Waals surface area contributed by atoms with Crippen LogP contribution in [-0.2, 0) is 0 Å². The summed E-state index contributed by atoms with van der Waals surface area (Å²) in [5.74, 6) is 0.0591. The second-order valence-electron chi connectivity index (χ2n) is 8.03. The van der Waals surface area contributed by atoms with Gasteiger partial charge in [-0.3, -0.25) is 4.79 Å². The first kappa shape index (κ1) is 19.2. The smallest absolute Gasteiger partial charge is 0.253 e. The quantitative estimate of drug-likeness (QED) is 0.515. The molecule has 0 unspecified atom stereocenters. The van der Waals surface area contributed by atoms with Gasteiger partial charge in [0.15, 0.2) is 5.65 Å². The number of fused-ring (bicyclic) bond motifs is 1. The number of hydrogen-bond donors (Lipinski definition) is 0. The summed E-state index contributed by atoms with van der Waals surface area (Å²) in [4.78, 5) is 21.8. The number of aryl methyl sites for hydroxylation is 1. The van der Waals surface area contributed by atoms with Crippen LogP contribution in [0.4, 0.5) is 5.69 Å². The largest absolute Gasteiger partial charge is 0.365 e. The monoisotopic (exact) mass is 412 g/mol. The van der Waals surface area contributed by atoms with Crippen molar-refractivity contribution in [2.45, 2.75) is 19.9 Å². The van der Waals surface area contributed by atoms with Gasteiger partial charge < -0.3 is 9.80 Å². The minimum Gasteiger partial charge on any atom is -0.365 e. The fourth-order valence-electron chi connectivity index (χ4n) is 4.20. The van der Waals surface area contributed by atoms with Gasteiger partial charge >= 0.3 is 0 Å². The summed E-state index contributed by atoms with van der Waals surface area (Å²) in [6, 6.07) is 20.0. The summed E-state index contributed by atoms with van der Waals surface area (Å²) in [7, 11) is 0. The molecular weight excluding hydrogens is 388 g/mol. The van der Waals surface area contributed by atoms with E-state index < -0.39 is 0 Å². The van der Waals surface area contributed by atoms with Crippen molar-refractivity contribution in [1.29, 1.82) is 0 Å². The van der Waals surface area contributed by atoms with Crippen molar-refractivity contribution < 1.29 is 4.79 Å². The van der Waals surface area contributed by atoms with Gasteiger partial charge in [-0.2, -0.15) is 4.68 Å². The molecule has 3 heterocycles. The fourth-order valence-corrected chi connectivity index (χ4v) is 4.20. The van der Waals surface area contributed by atoms with Crippen LogP contribution in [0.2, 0.25) is 0 Å². The number of carbonyl (C=O) groups is 1. The Hall–Kier alpha value is -3.74. The molecule has 0 N–H and O–H groups in total. The summed E-state index contributed by atoms with van der Waals surface area (Å²) in [5, 5.41) is 8.33. The molecule has 0 aliphatic carbocycles. The number of aromatic nitrogens is 4. The van der Waals surface area contributed by atoms with Crippen molar-refractivity contribution in [1.82, 2.24) is 24.9 Å². The molecule has 1 saturated heterocycles. The summed E-state index contributed by atoms with van der Waals surface area (Å²) in [5.41, 5.74) is 5.41. The average Bonchev–Trinajstić information content (AvgIpc) is 3.23. The van der Waals surface area contributed by atoms with Gasteiger partial charge in [-0.15, -0.1) is 5.10 Å². The van der Waals surface area contributed by atoms with Gasteiger partial charge in [0.2, 0.25) is 0 Å². The first-order valence-corrected chi connectivity index (χ1v) is 10.5. The van der Waals surface area contributed by atoms with E-state index in [1.807, 2.05) is 41.3 Å². The highest BCUT2D eigenvalue weighted by Crippen LogP contribution is 2.23. The Bertz CT molecular complexity index is 1230. The molecular formula is C24H24N6O. The Labute approximate surface area is 180 Å². The van der Waals surface area contributed by atoms with Crippen molar-refractivity contribution in [3.8, 4) is 5.69 Å². The number of carbonyl (C=O) groups excluding carboxylic acids is 1. The molecule has 0 spiro atoms. The highest BCUT2D eigenvalue weighted by molar-refractivity contribution is 5.94. The van der Waals surface area contributed by atoms with Crippen LogP contribution in [0.5, 0.6) is 0 Å². The summed E-state index contributed by atoms with van der Waals surface area (Å²) < 4.78 is 1.69. The second kappa shape index (κ2) is 7.83. The van der Waals surface area contributed by atoms with E-state index in [2.05, 4.69) is 58.3 Å². The van der Waals surface area contributed by atoms with E-state index in [9.17, 15) is 4.79 Å². The molecule has 7 nitrogen and oxygen atoms in total. The van der Waals surface area contributed by atoms with Crippen LogP contribution < -0.4 is 4.90 Å². The average molecular weight is 412 g/mol. The third-order valence-electron chi connectivity index (χ3n) is 5.82. The predicted octanol–water partition coefficient (Wildman–Crippen LogP) is 3.47. The van der Waals surface area contributed by atoms with Crippen molar-refractivity contribution in [2.75, 3.05) is 24.5 Å². The van der Waals surface area contributed by atoms with Gasteiger partial charge in [-0.05, 0) is 67.9 Å². The highest BCUT2D eigenvalue weighted by atomic mass is 16.2. The van der Waals surface area contributed by atoms with Gasteiger partial charge in [0, 0.05) is 43.1 Å². The second-order valence-corrected chi connectivity index (χ2v) is 8.03. The predicted molar refractivity (Wildman–Crippen MR) is 121 cm³/mol. The van der Waals surface area contributed by atoms with E-state index in [1.54, 1.807) is 10.9 Å². The molecule has 1 amide bonds.